The third-order valence-corrected chi connectivity index (χ3v) is 4.69. The van der Waals surface area contributed by atoms with Crippen LogP contribution in [0.5, 0.6) is 0 Å². The van der Waals surface area contributed by atoms with E-state index >= 15 is 0 Å². The molecule has 0 unspecified atom stereocenters. The summed E-state index contributed by atoms with van der Waals surface area (Å²) in [6, 6.07) is 13.1. The molecule has 5 nitrogen and oxygen atoms in total. The van der Waals surface area contributed by atoms with Crippen molar-refractivity contribution >= 4 is 23.2 Å². The van der Waals surface area contributed by atoms with Crippen LogP contribution in [0.1, 0.15) is 59.9 Å². The Morgan fingerprint density at radius 2 is 1.69 bits per heavy atom. The van der Waals surface area contributed by atoms with Crippen molar-refractivity contribution in [2.24, 2.45) is 5.92 Å². The Hall–Kier alpha value is -2.82. The van der Waals surface area contributed by atoms with Gasteiger partial charge in [0.05, 0.1) is 5.56 Å². The normalized spacial score (nSPS) is 10.7. The van der Waals surface area contributed by atoms with Gasteiger partial charge in [0.1, 0.15) is 0 Å². The summed E-state index contributed by atoms with van der Waals surface area (Å²) >= 11 is 0. The van der Waals surface area contributed by atoms with Gasteiger partial charge in [-0.2, -0.15) is 0 Å². The molecule has 2 amide bonds. The highest BCUT2D eigenvalue weighted by Crippen LogP contribution is 2.23. The number of nitrogens with zero attached hydrogens (tertiary/aromatic N) is 1. The van der Waals surface area contributed by atoms with Crippen LogP contribution in [0, 0.1) is 5.92 Å². The van der Waals surface area contributed by atoms with Gasteiger partial charge < -0.3 is 15.5 Å². The number of nitrogens with one attached hydrogen (secondary N) is 2. The number of amides is 2. The molecule has 0 atom stereocenters. The predicted octanol–water partition coefficient (Wildman–Crippen LogP) is 4.73. The second-order valence-electron chi connectivity index (χ2n) is 7.98. The van der Waals surface area contributed by atoms with Crippen LogP contribution in [0.25, 0.3) is 0 Å². The van der Waals surface area contributed by atoms with Gasteiger partial charge in [0, 0.05) is 37.6 Å². The molecular formula is C24H33N3O2. The van der Waals surface area contributed by atoms with Crippen LogP contribution >= 0.6 is 0 Å². The summed E-state index contributed by atoms with van der Waals surface area (Å²) < 4.78 is 0. The highest BCUT2D eigenvalue weighted by molar-refractivity contribution is 6.06. The lowest BCUT2D eigenvalue weighted by molar-refractivity contribution is 0.0948. The molecular weight excluding hydrogens is 362 g/mol. The maximum absolute atomic E-state index is 12.7. The minimum atomic E-state index is -0.182. The van der Waals surface area contributed by atoms with E-state index in [0.717, 1.165) is 24.9 Å². The molecule has 156 valence electrons. The standard InChI is InChI=1S/C24H33N3O2/c1-6-7-8-18-9-11-19(12-10-18)23(28)26-20-13-14-22(27(4)5)21(15-20)24(29)25-16-17(2)3/h9-15,17H,6-8,16H2,1-5H3,(H,25,29)(H,26,28). The van der Waals surface area contributed by atoms with Crippen LogP contribution in [0.2, 0.25) is 0 Å². The summed E-state index contributed by atoms with van der Waals surface area (Å²) in [6.45, 7) is 6.88. The molecule has 0 saturated carbocycles. The molecule has 2 aromatic rings. The fourth-order valence-electron chi connectivity index (χ4n) is 2.98. The zero-order valence-corrected chi connectivity index (χ0v) is 18.2. The Kier molecular flexibility index (Phi) is 8.25. The van der Waals surface area contributed by atoms with Gasteiger partial charge in [0.2, 0.25) is 0 Å². The van der Waals surface area contributed by atoms with Gasteiger partial charge in [-0.25, -0.2) is 0 Å². The number of aryl methyl sites for hydroxylation is 1. The smallest absolute Gasteiger partial charge is 0.255 e. The molecule has 0 aliphatic heterocycles. The van der Waals surface area contributed by atoms with Crippen molar-refractivity contribution in [2.75, 3.05) is 30.9 Å². The van der Waals surface area contributed by atoms with E-state index in [0.29, 0.717) is 29.3 Å². The fourth-order valence-corrected chi connectivity index (χ4v) is 2.98. The lowest BCUT2D eigenvalue weighted by Gasteiger charge is -2.19. The third kappa shape index (κ3) is 6.63. The second-order valence-corrected chi connectivity index (χ2v) is 7.98. The monoisotopic (exact) mass is 395 g/mol. The Balaban J connectivity index is 2.16. The van der Waals surface area contributed by atoms with Crippen molar-refractivity contribution in [1.29, 1.82) is 0 Å². The van der Waals surface area contributed by atoms with Crippen LogP contribution in [0.4, 0.5) is 11.4 Å². The molecule has 29 heavy (non-hydrogen) atoms. The Bertz CT molecular complexity index is 827. The third-order valence-electron chi connectivity index (χ3n) is 4.69. The van der Waals surface area contributed by atoms with E-state index in [9.17, 15) is 9.59 Å². The average Bonchev–Trinajstić information content (AvgIpc) is 2.70. The molecule has 0 radical (unpaired) electrons. The van der Waals surface area contributed by atoms with E-state index in [1.54, 1.807) is 6.07 Å². The maximum atomic E-state index is 12.7. The lowest BCUT2D eigenvalue weighted by Crippen LogP contribution is -2.29. The minimum Gasteiger partial charge on any atom is -0.377 e. The average molecular weight is 396 g/mol. The first-order valence-corrected chi connectivity index (χ1v) is 10.3. The molecule has 2 rings (SSSR count). The summed E-state index contributed by atoms with van der Waals surface area (Å²) in [4.78, 5) is 27.2. The molecule has 2 N–H and O–H groups in total. The number of anilines is 2. The van der Waals surface area contributed by atoms with Crippen molar-refractivity contribution in [1.82, 2.24) is 5.32 Å². The summed E-state index contributed by atoms with van der Waals surface area (Å²) in [5.41, 5.74) is 3.80. The summed E-state index contributed by atoms with van der Waals surface area (Å²) in [5.74, 6) is 0.0434. The van der Waals surface area contributed by atoms with E-state index in [4.69, 9.17) is 0 Å². The molecule has 0 spiro atoms. The molecule has 0 fully saturated rings. The number of carbonyl (C=O) groups excluding carboxylic acids is 2. The van der Waals surface area contributed by atoms with Crippen molar-refractivity contribution in [3.8, 4) is 0 Å². The van der Waals surface area contributed by atoms with Crippen LogP contribution in [0.15, 0.2) is 42.5 Å². The van der Waals surface area contributed by atoms with Crippen LogP contribution in [-0.2, 0) is 6.42 Å². The molecule has 5 heteroatoms. The first-order chi connectivity index (χ1) is 13.8. The van der Waals surface area contributed by atoms with Gasteiger partial charge in [-0.05, 0) is 54.7 Å². The van der Waals surface area contributed by atoms with Crippen molar-refractivity contribution in [2.45, 2.75) is 40.0 Å². The van der Waals surface area contributed by atoms with Crippen molar-refractivity contribution in [3.63, 3.8) is 0 Å². The summed E-state index contributed by atoms with van der Waals surface area (Å²) in [7, 11) is 3.79. The number of unbranched alkanes of at least 4 members (excludes halogenated alkanes) is 1. The Morgan fingerprint density at radius 3 is 2.28 bits per heavy atom. The highest BCUT2D eigenvalue weighted by atomic mass is 16.2. The van der Waals surface area contributed by atoms with E-state index in [2.05, 4.69) is 31.4 Å². The Labute approximate surface area is 174 Å². The molecule has 0 aliphatic rings. The Morgan fingerprint density at radius 1 is 1.00 bits per heavy atom. The molecule has 0 aliphatic carbocycles. The molecule has 0 saturated heterocycles. The lowest BCUT2D eigenvalue weighted by atomic mass is 10.1. The quantitative estimate of drug-likeness (QED) is 0.645. The van der Waals surface area contributed by atoms with Crippen LogP contribution < -0.4 is 15.5 Å². The predicted molar refractivity (Wildman–Crippen MR) is 121 cm³/mol. The van der Waals surface area contributed by atoms with E-state index < -0.39 is 0 Å². The van der Waals surface area contributed by atoms with Gasteiger partial charge in [-0.1, -0.05) is 39.3 Å². The van der Waals surface area contributed by atoms with Gasteiger partial charge in [-0.3, -0.25) is 9.59 Å². The van der Waals surface area contributed by atoms with E-state index in [1.165, 1.54) is 5.56 Å². The largest absolute Gasteiger partial charge is 0.377 e. The summed E-state index contributed by atoms with van der Waals surface area (Å²) in [6.07, 6.45) is 3.32. The molecule has 0 heterocycles. The van der Waals surface area contributed by atoms with Gasteiger partial charge in [0.25, 0.3) is 11.8 Å². The van der Waals surface area contributed by atoms with E-state index in [-0.39, 0.29) is 11.8 Å². The minimum absolute atomic E-state index is 0.140. The second kappa shape index (κ2) is 10.6. The topological polar surface area (TPSA) is 61.4 Å². The van der Waals surface area contributed by atoms with Crippen molar-refractivity contribution < 1.29 is 9.59 Å². The number of hydrogen-bond acceptors (Lipinski definition) is 3. The first kappa shape index (κ1) is 22.5. The first-order valence-electron chi connectivity index (χ1n) is 10.3. The highest BCUT2D eigenvalue weighted by Gasteiger charge is 2.15. The fraction of sp³-hybridized carbons (Fsp3) is 0.417. The van der Waals surface area contributed by atoms with Gasteiger partial charge >= 0.3 is 0 Å². The molecule has 0 aromatic heterocycles. The van der Waals surface area contributed by atoms with Gasteiger partial charge in [-0.15, -0.1) is 0 Å². The van der Waals surface area contributed by atoms with Gasteiger partial charge in [0.15, 0.2) is 0 Å². The summed E-state index contributed by atoms with van der Waals surface area (Å²) in [5, 5.41) is 5.86. The van der Waals surface area contributed by atoms with E-state index in [1.807, 2.05) is 55.4 Å². The maximum Gasteiger partial charge on any atom is 0.255 e. The zero-order valence-electron chi connectivity index (χ0n) is 18.2. The molecule has 2 aromatic carbocycles. The number of carbonyl (C=O) groups is 2. The van der Waals surface area contributed by atoms with Crippen molar-refractivity contribution in [3.05, 3.63) is 59.2 Å². The number of benzene rings is 2. The number of hydrogen-bond donors (Lipinski definition) is 2. The van der Waals surface area contributed by atoms with Crippen LogP contribution in [0.3, 0.4) is 0 Å². The molecule has 0 bridgehead atoms. The van der Waals surface area contributed by atoms with Crippen LogP contribution in [-0.4, -0.2) is 32.5 Å². The SMILES string of the molecule is CCCCc1ccc(C(=O)Nc2ccc(N(C)C)c(C(=O)NCC(C)C)c2)cc1. The zero-order chi connectivity index (χ0) is 21.4. The number of rotatable bonds is 9.